The fraction of sp³-hybridized carbons (Fsp3) is 0.500. The van der Waals surface area contributed by atoms with E-state index in [1.807, 2.05) is 0 Å². The second kappa shape index (κ2) is 7.88. The third-order valence-electron chi connectivity index (χ3n) is 2.49. The van der Waals surface area contributed by atoms with Gasteiger partial charge in [-0.15, -0.1) is 12.4 Å². The fourth-order valence-corrected chi connectivity index (χ4v) is 1.93. The molecule has 2 N–H and O–H groups in total. The molecular formula is C12H18Cl2FN. The lowest BCUT2D eigenvalue weighted by molar-refractivity contribution is 0.539. The Kier molecular flexibility index (Phi) is 7.73. The summed E-state index contributed by atoms with van der Waals surface area (Å²) < 4.78 is 13.4. The highest BCUT2D eigenvalue weighted by Crippen LogP contribution is 2.27. The monoisotopic (exact) mass is 265 g/mol. The Balaban J connectivity index is 0.00000225. The molecule has 0 aliphatic heterocycles. The fourth-order valence-electron chi connectivity index (χ4n) is 1.62. The molecule has 0 fully saturated rings. The predicted molar refractivity (Wildman–Crippen MR) is 69.7 cm³/mol. The highest BCUT2D eigenvalue weighted by molar-refractivity contribution is 6.31. The zero-order chi connectivity index (χ0) is 11.3. The largest absolute Gasteiger partial charge is 0.324 e. The van der Waals surface area contributed by atoms with Gasteiger partial charge in [-0.25, -0.2) is 4.39 Å². The molecule has 16 heavy (non-hydrogen) atoms. The van der Waals surface area contributed by atoms with Crippen LogP contribution >= 0.6 is 24.0 Å². The summed E-state index contributed by atoms with van der Waals surface area (Å²) in [5.74, 6) is -0.300. The second-order valence-corrected chi connectivity index (χ2v) is 4.14. The standard InChI is InChI=1S/C12H17ClFN.ClH/c1-2-3-4-8-11(15)12-9(13)6-5-7-10(12)14;/h5-7,11H,2-4,8,15H2,1H3;1H/t11-;/m1./s1. The molecule has 0 spiro atoms. The van der Waals surface area contributed by atoms with Crippen LogP contribution < -0.4 is 5.73 Å². The van der Waals surface area contributed by atoms with Crippen molar-refractivity contribution in [3.63, 3.8) is 0 Å². The van der Waals surface area contributed by atoms with Crippen LogP contribution in [0.15, 0.2) is 18.2 Å². The lowest BCUT2D eigenvalue weighted by Crippen LogP contribution is -2.12. The maximum atomic E-state index is 13.4. The molecular weight excluding hydrogens is 248 g/mol. The van der Waals surface area contributed by atoms with Crippen molar-refractivity contribution in [3.05, 3.63) is 34.6 Å². The van der Waals surface area contributed by atoms with Gasteiger partial charge in [0, 0.05) is 16.6 Å². The van der Waals surface area contributed by atoms with Gasteiger partial charge in [-0.2, -0.15) is 0 Å². The third kappa shape index (κ3) is 4.28. The molecule has 0 bridgehead atoms. The summed E-state index contributed by atoms with van der Waals surface area (Å²) >= 11 is 5.92. The Labute approximate surface area is 108 Å². The van der Waals surface area contributed by atoms with Gasteiger partial charge < -0.3 is 5.73 Å². The van der Waals surface area contributed by atoms with Crippen molar-refractivity contribution >= 4 is 24.0 Å². The van der Waals surface area contributed by atoms with Gasteiger partial charge in [0.15, 0.2) is 0 Å². The van der Waals surface area contributed by atoms with Gasteiger partial charge in [0.25, 0.3) is 0 Å². The molecule has 1 rings (SSSR count). The van der Waals surface area contributed by atoms with E-state index in [9.17, 15) is 4.39 Å². The van der Waals surface area contributed by atoms with E-state index in [0.29, 0.717) is 10.6 Å². The zero-order valence-corrected chi connectivity index (χ0v) is 11.0. The van der Waals surface area contributed by atoms with Crippen molar-refractivity contribution < 1.29 is 4.39 Å². The van der Waals surface area contributed by atoms with E-state index in [-0.39, 0.29) is 24.3 Å². The first-order valence-electron chi connectivity index (χ1n) is 5.36. The predicted octanol–water partition coefficient (Wildman–Crippen LogP) is 4.48. The van der Waals surface area contributed by atoms with Gasteiger partial charge in [-0.1, -0.05) is 43.9 Å². The van der Waals surface area contributed by atoms with Gasteiger partial charge in [0.1, 0.15) is 5.82 Å². The highest BCUT2D eigenvalue weighted by Gasteiger charge is 2.14. The summed E-state index contributed by atoms with van der Waals surface area (Å²) in [5, 5.41) is 0.430. The zero-order valence-electron chi connectivity index (χ0n) is 9.38. The molecule has 92 valence electrons. The first-order valence-corrected chi connectivity index (χ1v) is 5.74. The van der Waals surface area contributed by atoms with E-state index in [0.717, 1.165) is 25.7 Å². The van der Waals surface area contributed by atoms with Crippen LogP contribution in [0.25, 0.3) is 0 Å². The van der Waals surface area contributed by atoms with Crippen molar-refractivity contribution in [2.24, 2.45) is 5.73 Å². The molecule has 1 nitrogen and oxygen atoms in total. The molecule has 0 amide bonds. The average molecular weight is 266 g/mol. The van der Waals surface area contributed by atoms with Crippen molar-refractivity contribution in [3.8, 4) is 0 Å². The smallest absolute Gasteiger partial charge is 0.129 e. The minimum absolute atomic E-state index is 0. The minimum atomic E-state index is -0.300. The van der Waals surface area contributed by atoms with Crippen LogP contribution in [0, 0.1) is 5.82 Å². The number of nitrogens with two attached hydrogens (primary N) is 1. The molecule has 0 aliphatic carbocycles. The molecule has 0 aromatic heterocycles. The Bertz CT molecular complexity index is 298. The van der Waals surface area contributed by atoms with Gasteiger partial charge in [-0.3, -0.25) is 0 Å². The molecule has 0 heterocycles. The summed E-state index contributed by atoms with van der Waals surface area (Å²) in [6.07, 6.45) is 4.06. The van der Waals surface area contributed by atoms with E-state index in [2.05, 4.69) is 6.92 Å². The van der Waals surface area contributed by atoms with Gasteiger partial charge in [-0.05, 0) is 18.6 Å². The Hall–Kier alpha value is -0.310. The van der Waals surface area contributed by atoms with Crippen LogP contribution in [0.4, 0.5) is 4.39 Å². The molecule has 4 heteroatoms. The minimum Gasteiger partial charge on any atom is -0.324 e. The van der Waals surface area contributed by atoms with E-state index in [4.69, 9.17) is 17.3 Å². The quantitative estimate of drug-likeness (QED) is 0.781. The number of unbranched alkanes of at least 4 members (excludes halogenated alkanes) is 2. The van der Waals surface area contributed by atoms with Crippen LogP contribution in [0.3, 0.4) is 0 Å². The van der Waals surface area contributed by atoms with Crippen LogP contribution in [0.1, 0.15) is 44.2 Å². The first-order chi connectivity index (χ1) is 7.16. The van der Waals surface area contributed by atoms with E-state index >= 15 is 0 Å². The molecule has 0 saturated heterocycles. The maximum Gasteiger partial charge on any atom is 0.129 e. The van der Waals surface area contributed by atoms with Crippen LogP contribution in [-0.2, 0) is 0 Å². The van der Waals surface area contributed by atoms with Crippen molar-refractivity contribution in [2.45, 2.75) is 38.6 Å². The summed E-state index contributed by atoms with van der Waals surface area (Å²) in [7, 11) is 0. The summed E-state index contributed by atoms with van der Waals surface area (Å²) in [5.41, 5.74) is 6.37. The van der Waals surface area contributed by atoms with E-state index < -0.39 is 0 Å². The second-order valence-electron chi connectivity index (χ2n) is 3.74. The van der Waals surface area contributed by atoms with Crippen LogP contribution in [-0.4, -0.2) is 0 Å². The Morgan fingerprint density at radius 3 is 2.62 bits per heavy atom. The summed E-state index contributed by atoms with van der Waals surface area (Å²) in [6, 6.07) is 4.39. The highest BCUT2D eigenvalue weighted by atomic mass is 35.5. The van der Waals surface area contributed by atoms with Gasteiger partial charge >= 0.3 is 0 Å². The van der Waals surface area contributed by atoms with Crippen molar-refractivity contribution in [1.29, 1.82) is 0 Å². The van der Waals surface area contributed by atoms with Crippen LogP contribution in [0.5, 0.6) is 0 Å². The topological polar surface area (TPSA) is 26.0 Å². The normalized spacial score (nSPS) is 12.0. The van der Waals surface area contributed by atoms with E-state index in [1.165, 1.54) is 6.07 Å². The molecule has 0 radical (unpaired) electrons. The number of rotatable bonds is 5. The molecule has 1 atom stereocenters. The molecule has 0 saturated carbocycles. The van der Waals surface area contributed by atoms with Crippen LogP contribution in [0.2, 0.25) is 5.02 Å². The number of hydrogen-bond donors (Lipinski definition) is 1. The number of halogens is 3. The summed E-state index contributed by atoms with van der Waals surface area (Å²) in [4.78, 5) is 0. The SMILES string of the molecule is CCCCC[C@@H](N)c1c(F)cccc1Cl.Cl. The molecule has 0 aliphatic rings. The molecule has 1 aromatic carbocycles. The van der Waals surface area contributed by atoms with Crippen molar-refractivity contribution in [1.82, 2.24) is 0 Å². The maximum absolute atomic E-state index is 13.4. The molecule has 0 unspecified atom stereocenters. The van der Waals surface area contributed by atoms with E-state index in [1.54, 1.807) is 12.1 Å². The third-order valence-corrected chi connectivity index (χ3v) is 2.82. The van der Waals surface area contributed by atoms with Gasteiger partial charge in [0.05, 0.1) is 0 Å². The molecule has 1 aromatic rings. The lowest BCUT2D eigenvalue weighted by Gasteiger charge is -2.14. The Morgan fingerprint density at radius 1 is 1.38 bits per heavy atom. The average Bonchev–Trinajstić information content (AvgIpc) is 2.18. The first kappa shape index (κ1) is 15.7. The van der Waals surface area contributed by atoms with Gasteiger partial charge in [0.2, 0.25) is 0 Å². The number of hydrogen-bond acceptors (Lipinski definition) is 1. The Morgan fingerprint density at radius 2 is 2.06 bits per heavy atom. The van der Waals surface area contributed by atoms with Crippen molar-refractivity contribution in [2.75, 3.05) is 0 Å². The lowest BCUT2D eigenvalue weighted by atomic mass is 10.0. The number of benzene rings is 1. The summed E-state index contributed by atoms with van der Waals surface area (Å²) in [6.45, 7) is 2.13.